The van der Waals surface area contributed by atoms with Gasteiger partial charge in [-0.15, -0.1) is 0 Å². The number of anilines is 1. The predicted molar refractivity (Wildman–Crippen MR) is 71.0 cm³/mol. The molecule has 0 spiro atoms. The third-order valence-corrected chi connectivity index (χ3v) is 2.42. The summed E-state index contributed by atoms with van der Waals surface area (Å²) in [5.74, 6) is 0.00631. The Balaban J connectivity index is 2.56. The summed E-state index contributed by atoms with van der Waals surface area (Å²) in [4.78, 5) is 5.88. The molecule has 0 aliphatic rings. The maximum atomic E-state index is 9.80. The van der Waals surface area contributed by atoms with Gasteiger partial charge < -0.3 is 21.5 Å². The highest BCUT2D eigenvalue weighted by Gasteiger charge is 2.10. The SMILES string of the molecule is CCN(C[C@H](O)CN=C(N)N)c1ccccc1. The third-order valence-electron chi connectivity index (χ3n) is 2.42. The molecule has 1 aromatic rings. The average molecular weight is 236 g/mol. The van der Waals surface area contributed by atoms with E-state index in [0.717, 1.165) is 12.2 Å². The smallest absolute Gasteiger partial charge is 0.185 e. The summed E-state index contributed by atoms with van der Waals surface area (Å²) in [6.45, 7) is 3.60. The van der Waals surface area contributed by atoms with Gasteiger partial charge in [-0.25, -0.2) is 0 Å². The number of likely N-dealkylation sites (N-methyl/N-ethyl adjacent to an activating group) is 1. The van der Waals surface area contributed by atoms with Crippen molar-refractivity contribution >= 4 is 11.6 Å². The van der Waals surface area contributed by atoms with Crippen molar-refractivity contribution in [3.05, 3.63) is 30.3 Å². The highest BCUT2D eigenvalue weighted by Crippen LogP contribution is 2.13. The molecule has 0 radical (unpaired) electrons. The number of guanidine groups is 1. The summed E-state index contributed by atoms with van der Waals surface area (Å²) in [5, 5.41) is 9.80. The van der Waals surface area contributed by atoms with Crippen LogP contribution in [0.2, 0.25) is 0 Å². The van der Waals surface area contributed by atoms with Crippen LogP contribution < -0.4 is 16.4 Å². The summed E-state index contributed by atoms with van der Waals surface area (Å²) in [5.41, 5.74) is 11.5. The van der Waals surface area contributed by atoms with Crippen LogP contribution in [0, 0.1) is 0 Å². The van der Waals surface area contributed by atoms with Gasteiger partial charge in [-0.3, -0.25) is 4.99 Å². The topological polar surface area (TPSA) is 87.9 Å². The van der Waals surface area contributed by atoms with E-state index in [-0.39, 0.29) is 12.5 Å². The van der Waals surface area contributed by atoms with E-state index in [4.69, 9.17) is 11.5 Å². The molecule has 94 valence electrons. The average Bonchev–Trinajstić information content (AvgIpc) is 2.34. The minimum atomic E-state index is -0.572. The molecule has 0 unspecified atom stereocenters. The minimum absolute atomic E-state index is 0.00631. The second-order valence-corrected chi connectivity index (χ2v) is 3.79. The van der Waals surface area contributed by atoms with E-state index >= 15 is 0 Å². The Hall–Kier alpha value is -1.75. The van der Waals surface area contributed by atoms with Crippen molar-refractivity contribution in [2.75, 3.05) is 24.5 Å². The Morgan fingerprint density at radius 1 is 1.35 bits per heavy atom. The van der Waals surface area contributed by atoms with E-state index in [0.29, 0.717) is 6.54 Å². The van der Waals surface area contributed by atoms with Crippen molar-refractivity contribution in [2.24, 2.45) is 16.5 Å². The number of para-hydroxylation sites is 1. The van der Waals surface area contributed by atoms with E-state index in [9.17, 15) is 5.11 Å². The van der Waals surface area contributed by atoms with Crippen molar-refractivity contribution in [1.82, 2.24) is 0 Å². The summed E-state index contributed by atoms with van der Waals surface area (Å²) >= 11 is 0. The second-order valence-electron chi connectivity index (χ2n) is 3.79. The Morgan fingerprint density at radius 3 is 2.53 bits per heavy atom. The van der Waals surface area contributed by atoms with E-state index in [1.165, 1.54) is 0 Å². The van der Waals surface area contributed by atoms with Gasteiger partial charge in [0.05, 0.1) is 12.6 Å². The summed E-state index contributed by atoms with van der Waals surface area (Å²) < 4.78 is 0. The van der Waals surface area contributed by atoms with Crippen molar-refractivity contribution in [1.29, 1.82) is 0 Å². The highest BCUT2D eigenvalue weighted by atomic mass is 16.3. The van der Waals surface area contributed by atoms with Gasteiger partial charge in [0.1, 0.15) is 0 Å². The van der Waals surface area contributed by atoms with Crippen LogP contribution >= 0.6 is 0 Å². The van der Waals surface area contributed by atoms with Crippen LogP contribution in [0.4, 0.5) is 5.69 Å². The molecule has 0 aliphatic carbocycles. The molecule has 0 aromatic heterocycles. The molecule has 0 aliphatic heterocycles. The molecule has 5 heteroatoms. The van der Waals surface area contributed by atoms with Crippen molar-refractivity contribution < 1.29 is 5.11 Å². The number of aliphatic hydroxyl groups excluding tert-OH is 1. The first-order valence-electron chi connectivity index (χ1n) is 5.67. The van der Waals surface area contributed by atoms with Crippen molar-refractivity contribution in [3.63, 3.8) is 0 Å². The fourth-order valence-corrected chi connectivity index (χ4v) is 1.58. The first kappa shape index (κ1) is 13.3. The Labute approximate surface area is 102 Å². The number of hydrogen-bond donors (Lipinski definition) is 3. The summed E-state index contributed by atoms with van der Waals surface area (Å²) in [6.07, 6.45) is -0.572. The van der Waals surface area contributed by atoms with Gasteiger partial charge in [0.2, 0.25) is 0 Å². The van der Waals surface area contributed by atoms with Crippen molar-refractivity contribution in [2.45, 2.75) is 13.0 Å². The van der Waals surface area contributed by atoms with E-state index in [1.807, 2.05) is 37.3 Å². The molecule has 5 nitrogen and oxygen atoms in total. The fraction of sp³-hybridized carbons (Fsp3) is 0.417. The number of nitrogens with zero attached hydrogens (tertiary/aromatic N) is 2. The van der Waals surface area contributed by atoms with Crippen molar-refractivity contribution in [3.8, 4) is 0 Å². The van der Waals surface area contributed by atoms with Crippen LogP contribution in [0.1, 0.15) is 6.92 Å². The number of hydrogen-bond acceptors (Lipinski definition) is 3. The fourth-order valence-electron chi connectivity index (χ4n) is 1.58. The first-order chi connectivity index (χ1) is 8.13. The zero-order valence-corrected chi connectivity index (χ0v) is 10.1. The lowest BCUT2D eigenvalue weighted by atomic mass is 10.2. The maximum absolute atomic E-state index is 9.80. The zero-order chi connectivity index (χ0) is 12.7. The van der Waals surface area contributed by atoms with Crippen LogP contribution in [0.5, 0.6) is 0 Å². The Bertz CT molecular complexity index is 349. The minimum Gasteiger partial charge on any atom is -0.389 e. The molecule has 0 bridgehead atoms. The lowest BCUT2D eigenvalue weighted by Crippen LogP contribution is -2.35. The lowest BCUT2D eigenvalue weighted by molar-refractivity contribution is 0.189. The number of nitrogens with two attached hydrogens (primary N) is 2. The highest BCUT2D eigenvalue weighted by molar-refractivity contribution is 5.75. The summed E-state index contributed by atoms with van der Waals surface area (Å²) in [7, 11) is 0. The van der Waals surface area contributed by atoms with Crippen LogP contribution in [0.3, 0.4) is 0 Å². The van der Waals surface area contributed by atoms with Gasteiger partial charge in [0, 0.05) is 18.8 Å². The molecule has 0 fully saturated rings. The van der Waals surface area contributed by atoms with Crippen LogP contribution in [0.15, 0.2) is 35.3 Å². The van der Waals surface area contributed by atoms with Gasteiger partial charge in [0.25, 0.3) is 0 Å². The Morgan fingerprint density at radius 2 is 2.00 bits per heavy atom. The van der Waals surface area contributed by atoms with Gasteiger partial charge in [-0.1, -0.05) is 18.2 Å². The lowest BCUT2D eigenvalue weighted by Gasteiger charge is -2.25. The van der Waals surface area contributed by atoms with Crippen LogP contribution in [0.25, 0.3) is 0 Å². The van der Waals surface area contributed by atoms with E-state index < -0.39 is 6.10 Å². The van der Waals surface area contributed by atoms with Gasteiger partial charge in [0.15, 0.2) is 5.96 Å². The molecule has 0 amide bonds. The molecule has 17 heavy (non-hydrogen) atoms. The standard InChI is InChI=1S/C12H20N4O/c1-2-16(10-6-4-3-5-7-10)9-11(17)8-15-12(13)14/h3-7,11,17H,2,8-9H2,1H3,(H4,13,14,15)/t11-/m1/s1. The normalized spacial score (nSPS) is 11.9. The van der Waals surface area contributed by atoms with Gasteiger partial charge in [-0.2, -0.15) is 0 Å². The number of aliphatic hydroxyl groups is 1. The molecule has 0 saturated carbocycles. The quantitative estimate of drug-likeness (QED) is 0.484. The maximum Gasteiger partial charge on any atom is 0.185 e. The molecule has 0 saturated heterocycles. The third kappa shape index (κ3) is 4.74. The number of benzene rings is 1. The van der Waals surface area contributed by atoms with Gasteiger partial charge >= 0.3 is 0 Å². The number of rotatable bonds is 6. The molecule has 1 aromatic carbocycles. The van der Waals surface area contributed by atoms with Crippen LogP contribution in [-0.4, -0.2) is 36.8 Å². The Kier molecular flexibility index (Phi) is 5.29. The molecular formula is C12H20N4O. The zero-order valence-electron chi connectivity index (χ0n) is 10.1. The van der Waals surface area contributed by atoms with Gasteiger partial charge in [-0.05, 0) is 19.1 Å². The molecule has 5 N–H and O–H groups in total. The molecular weight excluding hydrogens is 216 g/mol. The molecule has 1 atom stereocenters. The molecule has 1 rings (SSSR count). The predicted octanol–water partition coefficient (Wildman–Crippen LogP) is 0.147. The monoisotopic (exact) mass is 236 g/mol. The first-order valence-corrected chi connectivity index (χ1v) is 5.67. The number of aliphatic imine (C=N–C) groups is 1. The van der Waals surface area contributed by atoms with E-state index in [1.54, 1.807) is 0 Å². The summed E-state index contributed by atoms with van der Waals surface area (Å²) in [6, 6.07) is 9.93. The van der Waals surface area contributed by atoms with Crippen LogP contribution in [-0.2, 0) is 0 Å². The van der Waals surface area contributed by atoms with E-state index in [2.05, 4.69) is 9.89 Å². The largest absolute Gasteiger partial charge is 0.389 e. The molecule has 0 heterocycles. The second kappa shape index (κ2) is 6.75.